The van der Waals surface area contributed by atoms with E-state index < -0.39 is 70.8 Å². The fourth-order valence-electron chi connectivity index (χ4n) is 9.34. The van der Waals surface area contributed by atoms with Crippen LogP contribution in [0.5, 0.6) is 23.0 Å². The number of amides is 1. The zero-order chi connectivity index (χ0) is 47.4. The summed E-state index contributed by atoms with van der Waals surface area (Å²) in [5.74, 6) is -6.81. The highest BCUT2D eigenvalue weighted by Crippen LogP contribution is 2.55. The van der Waals surface area contributed by atoms with E-state index in [0.717, 1.165) is 0 Å². The number of ether oxygens (including phenoxy) is 7. The Morgan fingerprint density at radius 2 is 1.53 bits per heavy atom. The molecule has 1 unspecified atom stereocenters. The maximum Gasteiger partial charge on any atom is 0.312 e. The molecule has 356 valence electrons. The topological polar surface area (TPSA) is 204 Å². The molecule has 0 radical (unpaired) electrons. The van der Waals surface area contributed by atoms with Crippen LogP contribution in [0.15, 0.2) is 17.4 Å². The molecule has 1 fully saturated rings. The maximum atomic E-state index is 14.6. The van der Waals surface area contributed by atoms with Gasteiger partial charge in [0.25, 0.3) is 5.78 Å². The van der Waals surface area contributed by atoms with Gasteiger partial charge < -0.3 is 53.8 Å². The van der Waals surface area contributed by atoms with Crippen LogP contribution in [0.3, 0.4) is 0 Å². The summed E-state index contributed by atoms with van der Waals surface area (Å²) in [6.07, 6.45) is 3.63. The first kappa shape index (κ1) is 50.4. The van der Waals surface area contributed by atoms with Crippen molar-refractivity contribution in [3.63, 3.8) is 0 Å². The molecule has 0 saturated carbocycles. The number of Topliss-reactive ketones (excluding diaryl/α,β-unsaturated/α-hetero) is 1. The third-order valence-corrected chi connectivity index (χ3v) is 12.8. The molecule has 16 nitrogen and oxygen atoms in total. The van der Waals surface area contributed by atoms with Crippen molar-refractivity contribution in [1.82, 2.24) is 5.01 Å². The van der Waals surface area contributed by atoms with Gasteiger partial charge in [0.1, 0.15) is 23.4 Å². The van der Waals surface area contributed by atoms with Crippen LogP contribution in [-0.4, -0.2) is 120 Å². The van der Waals surface area contributed by atoms with Crippen molar-refractivity contribution in [3.05, 3.63) is 29.0 Å². The molecule has 5 bridgehead atoms. The van der Waals surface area contributed by atoms with Crippen molar-refractivity contribution >= 4 is 40.3 Å². The molecule has 16 heteroatoms. The van der Waals surface area contributed by atoms with Gasteiger partial charge in [0, 0.05) is 55.6 Å². The number of esters is 1. The van der Waals surface area contributed by atoms with Gasteiger partial charge in [-0.15, -0.1) is 0 Å². The van der Waals surface area contributed by atoms with Gasteiger partial charge in [0.05, 0.1) is 91.5 Å². The first-order chi connectivity index (χ1) is 30.1. The fourth-order valence-corrected chi connectivity index (χ4v) is 9.34. The number of methoxy groups -OCH3 is 1. The van der Waals surface area contributed by atoms with Gasteiger partial charge in [0.15, 0.2) is 5.75 Å². The number of rotatable bonds is 8. The van der Waals surface area contributed by atoms with Gasteiger partial charge >= 0.3 is 11.8 Å². The molecule has 1 saturated heterocycles. The van der Waals surface area contributed by atoms with Crippen molar-refractivity contribution in [2.24, 2.45) is 34.7 Å². The monoisotopic (exact) mass is 897 g/mol. The summed E-state index contributed by atoms with van der Waals surface area (Å²) < 4.78 is 43.2. The van der Waals surface area contributed by atoms with Gasteiger partial charge in [-0.2, -0.15) is 5.10 Å². The van der Waals surface area contributed by atoms with E-state index >= 15 is 0 Å². The number of hydrazone groups is 1. The molecule has 4 aliphatic heterocycles. The Kier molecular flexibility index (Phi) is 16.6. The molecule has 4 aliphatic rings. The minimum Gasteiger partial charge on any atom is -0.507 e. The second-order valence-electron chi connectivity index (χ2n) is 18.5. The molecule has 4 N–H and O–H groups in total. The van der Waals surface area contributed by atoms with Crippen LogP contribution in [0, 0.1) is 36.5 Å². The number of phenols is 3. The number of aromatic hydroxyl groups is 3. The third kappa shape index (κ3) is 10.7. The van der Waals surface area contributed by atoms with E-state index in [1.807, 2.05) is 41.5 Å². The van der Waals surface area contributed by atoms with Crippen LogP contribution < -0.4 is 10.1 Å². The third-order valence-electron chi connectivity index (χ3n) is 12.8. The van der Waals surface area contributed by atoms with E-state index in [4.69, 9.17) is 33.2 Å². The van der Waals surface area contributed by atoms with E-state index in [9.17, 15) is 29.7 Å². The first-order valence-corrected chi connectivity index (χ1v) is 22.7. The van der Waals surface area contributed by atoms with Gasteiger partial charge in [-0.3, -0.25) is 19.4 Å². The van der Waals surface area contributed by atoms with Gasteiger partial charge in [-0.25, -0.2) is 0 Å². The van der Waals surface area contributed by atoms with Crippen LogP contribution in [0.25, 0.3) is 10.8 Å². The second kappa shape index (κ2) is 21.1. The minimum absolute atomic E-state index is 0.0172. The smallest absolute Gasteiger partial charge is 0.312 e. The SMILES string of the molecule is CO[C@H]1/C=C/O[C@@]2(C)Oc3c(C)c(O)c4c(O)c(c(/C=N/N5CCOCC5)c(O)c4c3C2=O)NC(=O)C(C)CCC[C@@H](C)[C@@H](OC(C)C)[C@@H](C)[C@H](OC(C)C)[C@H](C)[C@H](OC(C)=O)[C@@H]1C. The Morgan fingerprint density at radius 3 is 2.14 bits per heavy atom. The molecule has 2 aromatic rings. The Balaban J connectivity index is 1.68. The molecule has 2 aromatic carbocycles. The van der Waals surface area contributed by atoms with Crippen molar-refractivity contribution in [2.45, 2.75) is 145 Å². The average molecular weight is 898 g/mol. The van der Waals surface area contributed by atoms with E-state index in [1.54, 1.807) is 18.0 Å². The number of nitrogens with zero attached hydrogens (tertiary/aromatic N) is 2. The van der Waals surface area contributed by atoms with Crippen LogP contribution in [0.4, 0.5) is 5.69 Å². The van der Waals surface area contributed by atoms with Crippen LogP contribution >= 0.6 is 0 Å². The number of benzene rings is 2. The lowest BCUT2D eigenvalue weighted by Crippen LogP contribution is -2.49. The summed E-state index contributed by atoms with van der Waals surface area (Å²) in [6.45, 7) is 23.9. The van der Waals surface area contributed by atoms with Crippen LogP contribution in [0.1, 0.15) is 117 Å². The first-order valence-electron chi connectivity index (χ1n) is 22.7. The Bertz CT molecular complexity index is 2060. The molecule has 4 heterocycles. The van der Waals surface area contributed by atoms with E-state index in [1.165, 1.54) is 40.4 Å². The minimum atomic E-state index is -2.01. The molecule has 0 aromatic heterocycles. The highest BCUT2D eigenvalue weighted by molar-refractivity contribution is 6.23. The summed E-state index contributed by atoms with van der Waals surface area (Å²) >= 11 is 0. The van der Waals surface area contributed by atoms with E-state index in [2.05, 4.69) is 24.3 Å². The van der Waals surface area contributed by atoms with Crippen molar-refractivity contribution in [3.8, 4) is 23.0 Å². The van der Waals surface area contributed by atoms with Crippen LogP contribution in [-0.2, 0) is 38.0 Å². The zero-order valence-electron chi connectivity index (χ0n) is 39.9. The summed E-state index contributed by atoms with van der Waals surface area (Å²) in [5.41, 5.74) is -0.311. The Labute approximate surface area is 377 Å². The van der Waals surface area contributed by atoms with Crippen LogP contribution in [0.2, 0.25) is 0 Å². The zero-order valence-corrected chi connectivity index (χ0v) is 39.9. The molecule has 64 heavy (non-hydrogen) atoms. The molecular weight excluding hydrogens is 827 g/mol. The molecule has 0 aliphatic carbocycles. The predicted octanol–water partition coefficient (Wildman–Crippen LogP) is 7.59. The number of fused-ring (bicyclic) bond motifs is 16. The summed E-state index contributed by atoms with van der Waals surface area (Å²) in [6, 6.07) is 0. The van der Waals surface area contributed by atoms with Gasteiger partial charge in [-0.05, 0) is 59.5 Å². The number of hydrogen-bond acceptors (Lipinski definition) is 15. The number of nitrogens with one attached hydrogen (secondary N) is 1. The lowest BCUT2D eigenvalue weighted by molar-refractivity contribution is -0.172. The summed E-state index contributed by atoms with van der Waals surface area (Å²) in [5, 5.41) is 44.5. The van der Waals surface area contributed by atoms with Gasteiger partial charge in [0.2, 0.25) is 5.91 Å². The molecule has 0 spiro atoms. The Hall–Kier alpha value is -4.64. The maximum absolute atomic E-state index is 14.6. The quantitative estimate of drug-likeness (QED) is 0.0873. The fraction of sp³-hybridized carbons (Fsp3) is 0.667. The summed E-state index contributed by atoms with van der Waals surface area (Å²) in [7, 11) is 1.52. The number of morpholine rings is 1. The number of hydrogen-bond donors (Lipinski definition) is 4. The number of ketones is 1. The lowest BCUT2D eigenvalue weighted by atomic mass is 9.77. The van der Waals surface area contributed by atoms with Crippen molar-refractivity contribution in [1.29, 1.82) is 0 Å². The highest BCUT2D eigenvalue weighted by Gasteiger charge is 2.50. The molecule has 6 rings (SSSR count). The van der Waals surface area contributed by atoms with Crippen molar-refractivity contribution < 1.29 is 62.9 Å². The average Bonchev–Trinajstić information content (AvgIpc) is 3.50. The number of phenolic OH excluding ortho intramolecular Hbond substituents is 3. The molecular formula is C48H71N3O13. The Morgan fingerprint density at radius 1 is 0.906 bits per heavy atom. The largest absolute Gasteiger partial charge is 0.507 e. The number of carbonyl (C=O) groups is 3. The number of carbonyl (C=O) groups excluding carboxylic acids is 3. The molecule has 10 atom stereocenters. The van der Waals surface area contributed by atoms with E-state index in [0.29, 0.717) is 45.6 Å². The number of anilines is 1. The van der Waals surface area contributed by atoms with E-state index in [-0.39, 0.29) is 75.0 Å². The lowest BCUT2D eigenvalue weighted by Gasteiger charge is -2.42. The second-order valence-corrected chi connectivity index (χ2v) is 18.5. The van der Waals surface area contributed by atoms with Gasteiger partial charge in [-0.1, -0.05) is 41.0 Å². The summed E-state index contributed by atoms with van der Waals surface area (Å²) in [4.78, 5) is 41.4. The normalized spacial score (nSPS) is 30.5. The predicted molar refractivity (Wildman–Crippen MR) is 242 cm³/mol. The molecule has 1 amide bonds. The standard InChI is InChI=1S/C48H71N3O13/c1-24(2)61-42-26(5)15-14-16-27(6)47(57)50-38-33(23-49-51-18-21-59-22-19-51)40(54)35-36(41(38)55)39(53)29(8)45-37(35)46(56)48(12,64-45)60-20-17-34(58-13)28(7)43(63-32(11)52)31(10)44(30(42)9)62-25(3)4/h17,20,23-28,30-31,34,42-44,53-55H,14-16,18-19,21-22H2,1-13H3,(H,50,57)/b20-17+,49-23+/t26-,27?,28-,30-,31-,34+,42-,43-,44+,48+/m1/s1. The highest BCUT2D eigenvalue weighted by atomic mass is 16.7. The van der Waals surface area contributed by atoms with Crippen molar-refractivity contribution in [2.75, 3.05) is 38.7 Å².